The molecule has 2 saturated heterocycles. The van der Waals surface area contributed by atoms with Crippen LogP contribution in [0.2, 0.25) is 0 Å². The van der Waals surface area contributed by atoms with Crippen molar-refractivity contribution < 1.29 is 9.13 Å². The van der Waals surface area contributed by atoms with Crippen LogP contribution in [0.1, 0.15) is 24.8 Å². The van der Waals surface area contributed by atoms with Gasteiger partial charge in [0.05, 0.1) is 6.20 Å². The second-order valence-electron chi connectivity index (χ2n) is 7.66. The molecule has 5 nitrogen and oxygen atoms in total. The van der Waals surface area contributed by atoms with Gasteiger partial charge >= 0.3 is 0 Å². The van der Waals surface area contributed by atoms with Crippen LogP contribution in [0, 0.1) is 5.82 Å². The Morgan fingerprint density at radius 1 is 1.00 bits per heavy atom. The number of piperidine rings is 1. The molecule has 150 valence electrons. The Morgan fingerprint density at radius 3 is 2.57 bits per heavy atom. The van der Waals surface area contributed by atoms with E-state index in [1.54, 1.807) is 6.07 Å². The topological polar surface area (TPSA) is 40.6 Å². The predicted octanol–water partition coefficient (Wildman–Crippen LogP) is 3.06. The maximum absolute atomic E-state index is 13.1. The van der Waals surface area contributed by atoms with Crippen LogP contribution >= 0.6 is 0 Å². The Hall–Kier alpha value is -2.18. The highest BCUT2D eigenvalue weighted by Gasteiger charge is 2.17. The van der Waals surface area contributed by atoms with Gasteiger partial charge in [0.25, 0.3) is 0 Å². The van der Waals surface area contributed by atoms with Gasteiger partial charge in [-0.1, -0.05) is 12.1 Å². The maximum Gasteiger partial charge on any atom is 0.141 e. The van der Waals surface area contributed by atoms with Crippen LogP contribution in [0.3, 0.4) is 0 Å². The summed E-state index contributed by atoms with van der Waals surface area (Å²) in [7, 11) is 0. The van der Waals surface area contributed by atoms with Gasteiger partial charge in [0.1, 0.15) is 23.5 Å². The molecule has 0 spiro atoms. The van der Waals surface area contributed by atoms with E-state index in [-0.39, 0.29) is 5.82 Å². The summed E-state index contributed by atoms with van der Waals surface area (Å²) in [4.78, 5) is 8.95. The third-order valence-electron chi connectivity index (χ3n) is 5.54. The summed E-state index contributed by atoms with van der Waals surface area (Å²) < 4.78 is 19.2. The van der Waals surface area contributed by atoms with E-state index in [1.807, 2.05) is 0 Å². The van der Waals surface area contributed by atoms with Crippen LogP contribution in [-0.4, -0.2) is 55.3 Å². The van der Waals surface area contributed by atoms with Gasteiger partial charge in [-0.2, -0.15) is 0 Å². The highest BCUT2D eigenvalue weighted by molar-refractivity contribution is 5.38. The number of benzene rings is 1. The molecule has 3 heterocycles. The van der Waals surface area contributed by atoms with Gasteiger partial charge in [0.15, 0.2) is 0 Å². The third-order valence-corrected chi connectivity index (χ3v) is 5.54. The quantitative estimate of drug-likeness (QED) is 0.858. The van der Waals surface area contributed by atoms with E-state index in [2.05, 4.69) is 44.4 Å². The summed E-state index contributed by atoms with van der Waals surface area (Å²) in [5, 5.41) is 3.37. The molecule has 1 aromatic carbocycles. The number of nitrogens with zero attached hydrogens (tertiary/aromatic N) is 3. The lowest BCUT2D eigenvalue weighted by molar-refractivity contribution is 0.162. The number of pyridine rings is 1. The third kappa shape index (κ3) is 5.20. The Labute approximate surface area is 166 Å². The van der Waals surface area contributed by atoms with Gasteiger partial charge in [-0.3, -0.25) is 4.90 Å². The molecule has 0 aliphatic carbocycles. The first-order valence-electron chi connectivity index (χ1n) is 10.3. The highest BCUT2D eigenvalue weighted by atomic mass is 19.1. The van der Waals surface area contributed by atoms with E-state index >= 15 is 0 Å². The van der Waals surface area contributed by atoms with E-state index in [1.165, 1.54) is 17.8 Å². The van der Waals surface area contributed by atoms with E-state index in [0.717, 1.165) is 76.6 Å². The van der Waals surface area contributed by atoms with Crippen molar-refractivity contribution in [3.63, 3.8) is 0 Å². The lowest BCUT2D eigenvalue weighted by Crippen LogP contribution is -2.34. The molecule has 0 unspecified atom stereocenters. The molecule has 1 N–H and O–H groups in total. The molecule has 2 fully saturated rings. The molecule has 4 rings (SSSR count). The average Bonchev–Trinajstić information content (AvgIpc) is 2.96. The number of ether oxygens (including phenoxy) is 1. The lowest BCUT2D eigenvalue weighted by Gasteiger charge is -2.24. The minimum absolute atomic E-state index is 0.284. The average molecular weight is 384 g/mol. The van der Waals surface area contributed by atoms with Crippen molar-refractivity contribution in [3.8, 4) is 5.75 Å². The highest BCUT2D eigenvalue weighted by Crippen LogP contribution is 2.19. The molecule has 2 aliphatic heterocycles. The molecule has 0 radical (unpaired) electrons. The molecule has 1 aromatic heterocycles. The van der Waals surface area contributed by atoms with Crippen molar-refractivity contribution in [1.82, 2.24) is 15.2 Å². The molecule has 0 bridgehead atoms. The monoisotopic (exact) mass is 384 g/mol. The van der Waals surface area contributed by atoms with Crippen molar-refractivity contribution in [2.45, 2.75) is 31.9 Å². The predicted molar refractivity (Wildman–Crippen MR) is 109 cm³/mol. The van der Waals surface area contributed by atoms with Crippen LogP contribution in [0.5, 0.6) is 5.75 Å². The fourth-order valence-electron chi connectivity index (χ4n) is 3.95. The van der Waals surface area contributed by atoms with Gasteiger partial charge in [-0.25, -0.2) is 9.37 Å². The van der Waals surface area contributed by atoms with Crippen LogP contribution in [0.25, 0.3) is 0 Å². The second kappa shape index (κ2) is 9.34. The van der Waals surface area contributed by atoms with Crippen molar-refractivity contribution in [1.29, 1.82) is 0 Å². The Morgan fingerprint density at radius 2 is 1.82 bits per heavy atom. The van der Waals surface area contributed by atoms with Crippen molar-refractivity contribution in [2.75, 3.05) is 44.2 Å². The summed E-state index contributed by atoms with van der Waals surface area (Å²) in [6, 6.07) is 11.8. The van der Waals surface area contributed by atoms with Gasteiger partial charge in [0, 0.05) is 32.7 Å². The summed E-state index contributed by atoms with van der Waals surface area (Å²) >= 11 is 0. The second-order valence-corrected chi connectivity index (χ2v) is 7.66. The number of hydrogen-bond acceptors (Lipinski definition) is 5. The molecule has 2 aliphatic rings. The summed E-state index contributed by atoms with van der Waals surface area (Å²) in [5.41, 5.74) is 1.31. The standard InChI is InChI=1S/C22H29FN4O/c23-19-4-7-22(25-16-19)27-13-1-12-26(14-15-27)17-18-2-5-20(6-3-18)28-21-8-10-24-11-9-21/h2-7,16,21,24H,1,8-15,17H2. The van der Waals surface area contributed by atoms with Crippen LogP contribution in [0.15, 0.2) is 42.6 Å². The first-order valence-corrected chi connectivity index (χ1v) is 10.3. The molecular formula is C22H29FN4O. The molecule has 28 heavy (non-hydrogen) atoms. The fourth-order valence-corrected chi connectivity index (χ4v) is 3.95. The van der Waals surface area contributed by atoms with E-state index < -0.39 is 0 Å². The molecular weight excluding hydrogens is 355 g/mol. The number of halogens is 1. The van der Waals surface area contributed by atoms with Crippen LogP contribution < -0.4 is 15.0 Å². The van der Waals surface area contributed by atoms with E-state index in [4.69, 9.17) is 4.74 Å². The summed E-state index contributed by atoms with van der Waals surface area (Å²) in [6.07, 6.45) is 4.87. The number of aromatic nitrogens is 1. The number of rotatable bonds is 5. The largest absolute Gasteiger partial charge is 0.490 e. The molecule has 0 amide bonds. The smallest absolute Gasteiger partial charge is 0.141 e. The maximum atomic E-state index is 13.1. The van der Waals surface area contributed by atoms with Gasteiger partial charge in [0.2, 0.25) is 0 Å². The molecule has 6 heteroatoms. The van der Waals surface area contributed by atoms with E-state index in [0.29, 0.717) is 6.10 Å². The zero-order valence-corrected chi connectivity index (χ0v) is 16.3. The van der Waals surface area contributed by atoms with Gasteiger partial charge in [-0.15, -0.1) is 0 Å². The minimum atomic E-state index is -0.284. The van der Waals surface area contributed by atoms with Gasteiger partial charge < -0.3 is 15.0 Å². The van der Waals surface area contributed by atoms with Gasteiger partial charge in [-0.05, 0) is 62.2 Å². The van der Waals surface area contributed by atoms with E-state index in [9.17, 15) is 4.39 Å². The Bertz CT molecular complexity index is 731. The normalized spacial score (nSPS) is 19.4. The zero-order valence-electron chi connectivity index (χ0n) is 16.3. The van der Waals surface area contributed by atoms with Crippen LogP contribution in [-0.2, 0) is 6.54 Å². The molecule has 2 aromatic rings. The minimum Gasteiger partial charge on any atom is -0.490 e. The first kappa shape index (κ1) is 19.2. The Kier molecular flexibility index (Phi) is 6.39. The van der Waals surface area contributed by atoms with Crippen molar-refractivity contribution in [2.24, 2.45) is 0 Å². The van der Waals surface area contributed by atoms with Crippen LogP contribution in [0.4, 0.5) is 10.2 Å². The lowest BCUT2D eigenvalue weighted by atomic mass is 10.1. The van der Waals surface area contributed by atoms with Crippen molar-refractivity contribution in [3.05, 3.63) is 54.0 Å². The SMILES string of the molecule is Fc1ccc(N2CCCN(Cc3ccc(OC4CCNCC4)cc3)CC2)nc1. The molecule has 0 saturated carbocycles. The number of anilines is 1. The Balaban J connectivity index is 1.28. The summed E-state index contributed by atoms with van der Waals surface area (Å²) in [6.45, 7) is 6.94. The number of nitrogens with one attached hydrogen (secondary N) is 1. The number of hydrogen-bond donors (Lipinski definition) is 1. The van der Waals surface area contributed by atoms with Crippen molar-refractivity contribution >= 4 is 5.82 Å². The first-order chi connectivity index (χ1) is 13.8. The molecule has 0 atom stereocenters. The fraction of sp³-hybridized carbons (Fsp3) is 0.500. The zero-order chi connectivity index (χ0) is 19.2. The summed E-state index contributed by atoms with van der Waals surface area (Å²) in [5.74, 6) is 1.55.